The second-order valence-electron chi connectivity index (χ2n) is 5.19. The molecule has 1 amide bonds. The molecule has 0 atom stereocenters. The van der Waals surface area contributed by atoms with E-state index in [0.717, 1.165) is 6.42 Å². The lowest BCUT2D eigenvalue weighted by Gasteiger charge is -2.14. The number of rotatable bonds is 8. The van der Waals surface area contributed by atoms with Gasteiger partial charge in [0.1, 0.15) is 5.75 Å². The smallest absolute Gasteiger partial charge is 0.387 e. The summed E-state index contributed by atoms with van der Waals surface area (Å²) in [6.45, 7) is -0.387. The molecule has 26 heavy (non-hydrogen) atoms. The summed E-state index contributed by atoms with van der Waals surface area (Å²) in [6.07, 6.45) is 0.836. The number of carbonyl (C=O) groups excluding carboxylic acids is 1. The van der Waals surface area contributed by atoms with Gasteiger partial charge in [0.2, 0.25) is 0 Å². The third kappa shape index (κ3) is 5.32. The van der Waals surface area contributed by atoms with Crippen molar-refractivity contribution in [3.63, 3.8) is 0 Å². The summed E-state index contributed by atoms with van der Waals surface area (Å²) in [5.41, 5.74) is 0.795. The van der Waals surface area contributed by atoms with Crippen molar-refractivity contribution < 1.29 is 27.8 Å². The molecule has 2 aromatic rings. The molecule has 2 rings (SSSR count). The summed E-state index contributed by atoms with van der Waals surface area (Å²) in [7, 11) is 1.49. The number of methoxy groups -OCH3 is 1. The van der Waals surface area contributed by atoms with E-state index in [2.05, 4.69) is 26.0 Å². The predicted octanol–water partition coefficient (Wildman–Crippen LogP) is 5.10. The minimum atomic E-state index is -2.89. The maximum atomic E-state index is 12.4. The Hall–Kier alpha value is -2.35. The number of amides is 1. The van der Waals surface area contributed by atoms with Crippen LogP contribution in [-0.4, -0.2) is 26.2 Å². The predicted molar refractivity (Wildman–Crippen MR) is 97.5 cm³/mol. The van der Waals surface area contributed by atoms with Gasteiger partial charge in [0.15, 0.2) is 11.5 Å². The van der Waals surface area contributed by atoms with Crippen LogP contribution in [0.2, 0.25) is 0 Å². The second-order valence-corrected chi connectivity index (χ2v) is 6.05. The van der Waals surface area contributed by atoms with Crippen molar-refractivity contribution in [3.05, 3.63) is 46.4 Å². The lowest BCUT2D eigenvalue weighted by atomic mass is 10.1. The van der Waals surface area contributed by atoms with Gasteiger partial charge in [-0.25, -0.2) is 0 Å². The first-order chi connectivity index (χ1) is 12.4. The maximum absolute atomic E-state index is 12.4. The quantitative estimate of drug-likeness (QED) is 0.633. The Morgan fingerprint density at radius 1 is 1.23 bits per heavy atom. The third-order valence-electron chi connectivity index (χ3n) is 3.28. The van der Waals surface area contributed by atoms with Gasteiger partial charge in [-0.15, -0.1) is 0 Å². The molecule has 0 saturated heterocycles. The Balaban J connectivity index is 2.15. The molecule has 5 nitrogen and oxygen atoms in total. The highest BCUT2D eigenvalue weighted by Crippen LogP contribution is 2.37. The van der Waals surface area contributed by atoms with Crippen LogP contribution in [0.15, 0.2) is 40.9 Å². The standard InChI is InChI=1S/C18H18BrF2NO4/c1-3-8-25-16-14(19)9-11(10-15(16)24-2)17(23)22-12-4-6-13(7-5-12)26-18(20)21/h4-7,9-10,18H,3,8H2,1-2H3,(H,22,23). The Morgan fingerprint density at radius 3 is 2.50 bits per heavy atom. The molecule has 0 bridgehead atoms. The number of carbonyl (C=O) groups is 1. The molecule has 0 heterocycles. The van der Waals surface area contributed by atoms with Crippen molar-refractivity contribution in [2.24, 2.45) is 0 Å². The van der Waals surface area contributed by atoms with Crippen molar-refractivity contribution in [3.8, 4) is 17.2 Å². The molecular formula is C18H18BrF2NO4. The number of hydrogen-bond acceptors (Lipinski definition) is 4. The molecule has 0 aromatic heterocycles. The molecule has 1 N–H and O–H groups in total. The average Bonchev–Trinajstić information content (AvgIpc) is 2.61. The van der Waals surface area contributed by atoms with Crippen LogP contribution in [-0.2, 0) is 0 Å². The number of ether oxygens (including phenoxy) is 3. The van der Waals surface area contributed by atoms with Crippen LogP contribution in [0.4, 0.5) is 14.5 Å². The number of anilines is 1. The van der Waals surface area contributed by atoms with Crippen molar-refractivity contribution in [2.45, 2.75) is 20.0 Å². The molecular weight excluding hydrogens is 412 g/mol. The fourth-order valence-electron chi connectivity index (χ4n) is 2.12. The first-order valence-electron chi connectivity index (χ1n) is 7.81. The van der Waals surface area contributed by atoms with Crippen LogP contribution in [0.5, 0.6) is 17.2 Å². The lowest BCUT2D eigenvalue weighted by Crippen LogP contribution is -2.12. The second kappa shape index (κ2) is 9.38. The monoisotopic (exact) mass is 429 g/mol. The molecule has 0 saturated carbocycles. The molecule has 0 radical (unpaired) electrons. The van der Waals surface area contributed by atoms with Crippen molar-refractivity contribution >= 4 is 27.5 Å². The Bertz CT molecular complexity index is 754. The Labute approximate surface area is 158 Å². The van der Waals surface area contributed by atoms with Crippen LogP contribution in [0.25, 0.3) is 0 Å². The van der Waals surface area contributed by atoms with Crippen LogP contribution in [0.1, 0.15) is 23.7 Å². The van der Waals surface area contributed by atoms with E-state index in [0.29, 0.717) is 33.8 Å². The normalized spacial score (nSPS) is 10.5. The molecule has 0 unspecified atom stereocenters. The zero-order valence-corrected chi connectivity index (χ0v) is 15.8. The maximum Gasteiger partial charge on any atom is 0.387 e. The topological polar surface area (TPSA) is 56.8 Å². The van der Waals surface area contributed by atoms with Gasteiger partial charge in [-0.1, -0.05) is 6.92 Å². The number of halogens is 3. The fourth-order valence-corrected chi connectivity index (χ4v) is 2.67. The van der Waals surface area contributed by atoms with E-state index in [1.54, 1.807) is 12.1 Å². The highest BCUT2D eigenvalue weighted by Gasteiger charge is 2.16. The van der Waals surface area contributed by atoms with Gasteiger partial charge < -0.3 is 19.5 Å². The summed E-state index contributed by atoms with van der Waals surface area (Å²) >= 11 is 3.38. The van der Waals surface area contributed by atoms with Crippen molar-refractivity contribution in [1.29, 1.82) is 0 Å². The van der Waals surface area contributed by atoms with Gasteiger partial charge >= 0.3 is 6.61 Å². The van der Waals surface area contributed by atoms with Gasteiger partial charge in [0.05, 0.1) is 18.2 Å². The molecule has 0 spiro atoms. The first kappa shape index (κ1) is 20.0. The number of benzene rings is 2. The van der Waals surface area contributed by atoms with E-state index < -0.39 is 6.61 Å². The zero-order chi connectivity index (χ0) is 19.1. The molecule has 0 aliphatic carbocycles. The average molecular weight is 430 g/mol. The van der Waals surface area contributed by atoms with E-state index >= 15 is 0 Å². The minimum Gasteiger partial charge on any atom is -0.493 e. The highest BCUT2D eigenvalue weighted by atomic mass is 79.9. The van der Waals surface area contributed by atoms with Gasteiger partial charge in [-0.3, -0.25) is 4.79 Å². The number of nitrogens with one attached hydrogen (secondary N) is 1. The first-order valence-corrected chi connectivity index (χ1v) is 8.60. The summed E-state index contributed by atoms with van der Waals surface area (Å²) in [6, 6.07) is 8.83. The van der Waals surface area contributed by atoms with Crippen molar-refractivity contribution in [2.75, 3.05) is 19.0 Å². The van der Waals surface area contributed by atoms with E-state index in [-0.39, 0.29) is 11.7 Å². The number of hydrogen-bond donors (Lipinski definition) is 1. The summed E-state index contributed by atoms with van der Waals surface area (Å²) in [5, 5.41) is 2.68. The van der Waals surface area contributed by atoms with Crippen molar-refractivity contribution in [1.82, 2.24) is 0 Å². The van der Waals surface area contributed by atoms with Gasteiger partial charge in [0.25, 0.3) is 5.91 Å². The Kier molecular flexibility index (Phi) is 7.20. The van der Waals surface area contributed by atoms with Crippen LogP contribution in [0, 0.1) is 0 Å². The largest absolute Gasteiger partial charge is 0.493 e. The zero-order valence-electron chi connectivity index (χ0n) is 14.2. The van der Waals surface area contributed by atoms with E-state index in [1.807, 2.05) is 6.92 Å². The lowest BCUT2D eigenvalue weighted by molar-refractivity contribution is -0.0498. The summed E-state index contributed by atoms with van der Waals surface area (Å²) < 4.78 is 40.1. The van der Waals surface area contributed by atoms with E-state index in [4.69, 9.17) is 9.47 Å². The fraction of sp³-hybridized carbons (Fsp3) is 0.278. The summed E-state index contributed by atoms with van der Waals surface area (Å²) in [4.78, 5) is 12.4. The molecule has 0 fully saturated rings. The SMILES string of the molecule is CCCOc1c(Br)cc(C(=O)Nc2ccc(OC(F)F)cc2)cc1OC. The minimum absolute atomic E-state index is 0.0137. The summed E-state index contributed by atoms with van der Waals surface area (Å²) in [5.74, 6) is 0.589. The Morgan fingerprint density at radius 2 is 1.92 bits per heavy atom. The van der Waals surface area contributed by atoms with Crippen LogP contribution >= 0.6 is 15.9 Å². The van der Waals surface area contributed by atoms with Gasteiger partial charge in [0, 0.05) is 11.3 Å². The van der Waals surface area contributed by atoms with Gasteiger partial charge in [-0.2, -0.15) is 8.78 Å². The highest BCUT2D eigenvalue weighted by molar-refractivity contribution is 9.10. The third-order valence-corrected chi connectivity index (χ3v) is 3.87. The van der Waals surface area contributed by atoms with Crippen LogP contribution < -0.4 is 19.5 Å². The molecule has 8 heteroatoms. The molecule has 2 aromatic carbocycles. The number of alkyl halides is 2. The molecule has 0 aliphatic heterocycles. The molecule has 0 aliphatic rings. The van der Waals surface area contributed by atoms with Crippen LogP contribution in [0.3, 0.4) is 0 Å². The van der Waals surface area contributed by atoms with E-state index in [1.165, 1.54) is 31.4 Å². The van der Waals surface area contributed by atoms with Gasteiger partial charge in [-0.05, 0) is 58.7 Å². The molecule has 140 valence electrons. The van der Waals surface area contributed by atoms with E-state index in [9.17, 15) is 13.6 Å².